The van der Waals surface area contributed by atoms with E-state index in [1.807, 2.05) is 0 Å². The van der Waals surface area contributed by atoms with Gasteiger partial charge in [-0.25, -0.2) is 8.78 Å². The maximum absolute atomic E-state index is 14.2. The summed E-state index contributed by atoms with van der Waals surface area (Å²) in [5.74, 6) is -1.69. The van der Waals surface area contributed by atoms with Gasteiger partial charge in [0.1, 0.15) is 22.8 Å². The number of carbonyl (C=O) groups is 1. The van der Waals surface area contributed by atoms with Crippen LogP contribution in [0.4, 0.5) is 8.78 Å². The van der Waals surface area contributed by atoms with Crippen molar-refractivity contribution in [2.45, 2.75) is 56.7 Å². The Balaban J connectivity index is 1.64. The first kappa shape index (κ1) is 17.7. The first-order chi connectivity index (χ1) is 13.2. The van der Waals surface area contributed by atoms with E-state index in [0.717, 1.165) is 18.4 Å². The molecular formula is C21H21F2N3O2. The quantitative estimate of drug-likeness (QED) is 0.873. The molecule has 0 spiro atoms. The van der Waals surface area contributed by atoms with Crippen LogP contribution in [-0.4, -0.2) is 21.7 Å². The summed E-state index contributed by atoms with van der Waals surface area (Å²) in [5, 5.41) is 8.52. The van der Waals surface area contributed by atoms with Gasteiger partial charge < -0.3 is 10.5 Å². The number of carbonyl (C=O) groups excluding carboxylic acids is 1. The number of hydrogen-bond acceptors (Lipinski definition) is 4. The Hall–Kier alpha value is -2.41. The minimum atomic E-state index is -0.939. The molecule has 5 rings (SSSR count). The van der Waals surface area contributed by atoms with Gasteiger partial charge in [0, 0.05) is 5.41 Å². The molecule has 3 aliphatic rings. The number of ether oxygens (including phenoxy) is 1. The van der Waals surface area contributed by atoms with Gasteiger partial charge in [-0.15, -0.1) is 5.10 Å². The van der Waals surface area contributed by atoms with Crippen LogP contribution in [0.3, 0.4) is 0 Å². The Bertz CT molecular complexity index is 998. The first-order valence-corrected chi connectivity index (χ1v) is 9.54. The summed E-state index contributed by atoms with van der Waals surface area (Å²) in [7, 11) is 0. The fourth-order valence-electron chi connectivity index (χ4n) is 5.21. The highest BCUT2D eigenvalue weighted by molar-refractivity contribution is 5.86. The molecular weight excluding hydrogens is 364 g/mol. The van der Waals surface area contributed by atoms with Crippen molar-refractivity contribution in [3.05, 3.63) is 47.2 Å². The number of nitrogens with zero attached hydrogens (tertiary/aromatic N) is 2. The molecule has 2 saturated carbocycles. The fraction of sp³-hybridized carbons (Fsp3) is 0.476. The molecule has 0 aliphatic heterocycles. The molecule has 0 unspecified atom stereocenters. The zero-order valence-electron chi connectivity index (χ0n) is 15.8. The number of aromatic nitrogens is 2. The highest BCUT2D eigenvalue weighted by Gasteiger charge is 2.69. The van der Waals surface area contributed by atoms with Gasteiger partial charge in [0.25, 0.3) is 0 Å². The lowest BCUT2D eigenvalue weighted by Crippen LogP contribution is -2.46. The van der Waals surface area contributed by atoms with Crippen LogP contribution >= 0.6 is 0 Å². The Morgan fingerprint density at radius 3 is 2.46 bits per heavy atom. The van der Waals surface area contributed by atoms with Gasteiger partial charge in [-0.2, -0.15) is 5.10 Å². The maximum Gasteiger partial charge on any atom is 0.249 e. The van der Waals surface area contributed by atoms with Crippen molar-refractivity contribution >= 4 is 5.91 Å². The van der Waals surface area contributed by atoms with Crippen molar-refractivity contribution in [2.24, 2.45) is 11.1 Å². The molecule has 0 saturated heterocycles. The monoisotopic (exact) mass is 385 g/mol. The molecule has 0 radical (unpaired) electrons. The van der Waals surface area contributed by atoms with E-state index < -0.39 is 28.7 Å². The zero-order valence-corrected chi connectivity index (χ0v) is 15.8. The average molecular weight is 385 g/mol. The second-order valence-electron chi connectivity index (χ2n) is 8.73. The Kier molecular flexibility index (Phi) is 3.37. The molecule has 2 bridgehead atoms. The lowest BCUT2D eigenvalue weighted by molar-refractivity contribution is -0.173. The van der Waals surface area contributed by atoms with Crippen molar-refractivity contribution in [1.82, 2.24) is 10.2 Å². The number of nitrogens with two attached hydrogens (primary N) is 1. The summed E-state index contributed by atoms with van der Waals surface area (Å²) < 4.78 is 34.9. The van der Waals surface area contributed by atoms with E-state index in [9.17, 15) is 13.6 Å². The molecule has 5 nitrogen and oxygen atoms in total. The lowest BCUT2D eigenvalue weighted by atomic mass is 9.77. The molecule has 146 valence electrons. The average Bonchev–Trinajstić information content (AvgIpc) is 3.33. The van der Waals surface area contributed by atoms with E-state index in [2.05, 4.69) is 24.0 Å². The normalized spacial score (nSPS) is 28.2. The molecule has 2 aromatic rings. The van der Waals surface area contributed by atoms with Crippen LogP contribution in [0.5, 0.6) is 0 Å². The zero-order chi connectivity index (χ0) is 19.9. The van der Waals surface area contributed by atoms with Crippen LogP contribution in [-0.2, 0) is 15.1 Å². The van der Waals surface area contributed by atoms with Gasteiger partial charge in [-0.05, 0) is 55.4 Å². The van der Waals surface area contributed by atoms with Gasteiger partial charge in [-0.3, -0.25) is 4.79 Å². The molecule has 1 aromatic heterocycles. The Labute approximate surface area is 161 Å². The van der Waals surface area contributed by atoms with Crippen LogP contribution in [0.15, 0.2) is 24.3 Å². The summed E-state index contributed by atoms with van der Waals surface area (Å²) in [4.78, 5) is 12.0. The van der Waals surface area contributed by atoms with Crippen molar-refractivity contribution in [3.8, 4) is 11.3 Å². The molecule has 28 heavy (non-hydrogen) atoms. The summed E-state index contributed by atoms with van der Waals surface area (Å²) in [6.07, 6.45) is 2.77. The number of rotatable bonds is 4. The predicted molar refractivity (Wildman–Crippen MR) is 97.1 cm³/mol. The molecule has 1 amide bonds. The molecule has 3 aliphatic carbocycles. The minimum Gasteiger partial charge on any atom is -0.367 e. The highest BCUT2D eigenvalue weighted by atomic mass is 19.1. The number of hydrogen-bond donors (Lipinski definition) is 1. The van der Waals surface area contributed by atoms with Gasteiger partial charge in [0.05, 0.1) is 17.0 Å². The van der Waals surface area contributed by atoms with E-state index in [0.29, 0.717) is 18.5 Å². The van der Waals surface area contributed by atoms with Crippen molar-refractivity contribution in [1.29, 1.82) is 0 Å². The predicted octanol–water partition coefficient (Wildman–Crippen LogP) is 3.57. The van der Waals surface area contributed by atoms with Gasteiger partial charge in [0.2, 0.25) is 5.91 Å². The largest absolute Gasteiger partial charge is 0.367 e. The van der Waals surface area contributed by atoms with E-state index >= 15 is 0 Å². The number of primary amides is 1. The third-order valence-electron chi connectivity index (χ3n) is 7.02. The SMILES string of the molecule is CC1(C)[C@H]2CC[C@]1(OC1(C(N)=O)CC1)c1nnc(-c3c(F)cccc3F)cc12. The topological polar surface area (TPSA) is 78.1 Å². The van der Waals surface area contributed by atoms with Crippen LogP contribution in [0.2, 0.25) is 0 Å². The van der Waals surface area contributed by atoms with Crippen LogP contribution in [0.1, 0.15) is 56.7 Å². The van der Waals surface area contributed by atoms with E-state index in [1.165, 1.54) is 18.2 Å². The number of fused-ring (bicyclic) bond motifs is 5. The van der Waals surface area contributed by atoms with Crippen LogP contribution in [0, 0.1) is 17.0 Å². The third kappa shape index (κ3) is 2.05. The molecule has 7 heteroatoms. The van der Waals surface area contributed by atoms with Gasteiger partial charge in [-0.1, -0.05) is 19.9 Å². The molecule has 2 N–H and O–H groups in total. The highest BCUT2D eigenvalue weighted by Crippen LogP contribution is 2.69. The Morgan fingerprint density at radius 1 is 1.18 bits per heavy atom. The maximum atomic E-state index is 14.2. The van der Waals surface area contributed by atoms with Crippen LogP contribution in [0.25, 0.3) is 11.3 Å². The number of amides is 1. The molecule has 2 fully saturated rings. The second kappa shape index (κ2) is 5.35. The smallest absolute Gasteiger partial charge is 0.249 e. The Morgan fingerprint density at radius 2 is 1.86 bits per heavy atom. The van der Waals surface area contributed by atoms with E-state index in [-0.39, 0.29) is 22.6 Å². The molecule has 2 atom stereocenters. The number of benzene rings is 1. The number of halogens is 2. The second-order valence-corrected chi connectivity index (χ2v) is 8.73. The van der Waals surface area contributed by atoms with E-state index in [1.54, 1.807) is 6.07 Å². The van der Waals surface area contributed by atoms with Crippen molar-refractivity contribution < 1.29 is 18.3 Å². The summed E-state index contributed by atoms with van der Waals surface area (Å²) in [6.45, 7) is 4.18. The molecule has 1 aromatic carbocycles. The standard InChI is InChI=1S/C21H21F2N3O2/c1-19(2)12-6-7-21(19,28-20(8-9-20)18(24)27)17-11(12)10-15(25-26-17)16-13(22)4-3-5-14(16)23/h3-5,10,12H,6-9H2,1-2H3,(H2,24,27)/t12-,21-/m0/s1. The van der Waals surface area contributed by atoms with Crippen molar-refractivity contribution in [3.63, 3.8) is 0 Å². The lowest BCUT2D eigenvalue weighted by Gasteiger charge is -2.40. The van der Waals surface area contributed by atoms with Crippen molar-refractivity contribution in [2.75, 3.05) is 0 Å². The van der Waals surface area contributed by atoms with E-state index in [4.69, 9.17) is 10.5 Å². The summed E-state index contributed by atoms with van der Waals surface area (Å²) in [6, 6.07) is 5.46. The minimum absolute atomic E-state index is 0.107. The third-order valence-corrected chi connectivity index (χ3v) is 7.02. The summed E-state index contributed by atoms with van der Waals surface area (Å²) in [5.41, 5.74) is 5.11. The first-order valence-electron chi connectivity index (χ1n) is 9.54. The fourth-order valence-corrected chi connectivity index (χ4v) is 5.21. The van der Waals surface area contributed by atoms with Gasteiger partial charge in [0.15, 0.2) is 0 Å². The van der Waals surface area contributed by atoms with Gasteiger partial charge >= 0.3 is 0 Å². The molecule has 1 heterocycles. The summed E-state index contributed by atoms with van der Waals surface area (Å²) >= 11 is 0. The van der Waals surface area contributed by atoms with Crippen LogP contribution < -0.4 is 5.73 Å².